The lowest BCUT2D eigenvalue weighted by Gasteiger charge is -2.04. The van der Waals surface area contributed by atoms with Gasteiger partial charge >= 0.3 is 0 Å². The smallest absolute Gasteiger partial charge is 0.225 e. The number of aromatic nitrogens is 1. The minimum Gasteiger partial charge on any atom is -0.369 e. The van der Waals surface area contributed by atoms with Crippen LogP contribution in [0, 0.1) is 5.95 Å². The van der Waals surface area contributed by atoms with Crippen LogP contribution >= 0.6 is 11.6 Å². The van der Waals surface area contributed by atoms with Crippen molar-refractivity contribution in [3.05, 3.63) is 64.7 Å². The Morgan fingerprint density at radius 3 is 2.63 bits per heavy atom. The minimum absolute atomic E-state index is 0.0132. The number of hydrogen-bond donors (Lipinski definition) is 0. The Morgan fingerprint density at radius 1 is 1.21 bits per heavy atom. The second-order valence-electron chi connectivity index (χ2n) is 3.87. The third kappa shape index (κ3) is 3.84. The fraction of sp³-hybridized carbons (Fsp3) is 0.143. The van der Waals surface area contributed by atoms with Gasteiger partial charge in [-0.2, -0.15) is 4.39 Å². The summed E-state index contributed by atoms with van der Waals surface area (Å²) in [4.78, 5) is 15.1. The number of rotatable bonds is 5. The van der Waals surface area contributed by atoms with Crippen LogP contribution in [-0.2, 0) is 11.3 Å². The molecule has 2 rings (SSSR count). The molecule has 0 radical (unpaired) electrons. The van der Waals surface area contributed by atoms with E-state index in [-0.39, 0.29) is 17.3 Å². The molecule has 5 heteroatoms. The van der Waals surface area contributed by atoms with E-state index in [4.69, 9.17) is 16.3 Å². The molecule has 0 saturated heterocycles. The number of nitrogens with zero attached hydrogens (tertiary/aromatic N) is 1. The Bertz CT molecular complexity index is 575. The van der Waals surface area contributed by atoms with Gasteiger partial charge in [0.1, 0.15) is 11.8 Å². The quantitative estimate of drug-likeness (QED) is 0.623. The first-order valence-corrected chi connectivity index (χ1v) is 6.01. The first kappa shape index (κ1) is 13.6. The standard InChI is InChI=1S/C14H11ClFNO2/c15-13-7-6-11(14(16)17-13)12(18)9-19-8-10-4-2-1-3-5-10/h1-7H,8-9H2. The highest BCUT2D eigenvalue weighted by atomic mass is 35.5. The summed E-state index contributed by atoms with van der Waals surface area (Å²) in [6, 6.07) is 12.1. The van der Waals surface area contributed by atoms with Gasteiger partial charge in [0, 0.05) is 0 Å². The van der Waals surface area contributed by atoms with Crippen molar-refractivity contribution in [1.82, 2.24) is 4.98 Å². The van der Waals surface area contributed by atoms with Gasteiger partial charge in [0.15, 0.2) is 5.78 Å². The largest absolute Gasteiger partial charge is 0.369 e. The normalized spacial score (nSPS) is 10.4. The number of benzene rings is 1. The third-order valence-corrected chi connectivity index (χ3v) is 2.67. The molecule has 19 heavy (non-hydrogen) atoms. The molecule has 0 N–H and O–H groups in total. The molecule has 0 saturated carbocycles. The van der Waals surface area contributed by atoms with Crippen molar-refractivity contribution in [3.8, 4) is 0 Å². The lowest BCUT2D eigenvalue weighted by atomic mass is 10.2. The predicted octanol–water partition coefficient (Wildman–Crippen LogP) is 3.27. The fourth-order valence-electron chi connectivity index (χ4n) is 1.53. The van der Waals surface area contributed by atoms with Gasteiger partial charge in [0.25, 0.3) is 0 Å². The molecule has 0 aliphatic rings. The summed E-state index contributed by atoms with van der Waals surface area (Å²) in [6.45, 7) is 0.102. The summed E-state index contributed by atoms with van der Waals surface area (Å²) in [7, 11) is 0. The monoisotopic (exact) mass is 279 g/mol. The van der Waals surface area contributed by atoms with Crippen molar-refractivity contribution < 1.29 is 13.9 Å². The third-order valence-electron chi connectivity index (χ3n) is 2.46. The number of pyridine rings is 1. The average molecular weight is 280 g/mol. The van der Waals surface area contributed by atoms with E-state index in [1.165, 1.54) is 12.1 Å². The van der Waals surface area contributed by atoms with Crippen LogP contribution in [0.15, 0.2) is 42.5 Å². The first-order valence-electron chi connectivity index (χ1n) is 5.64. The number of halogens is 2. The van der Waals surface area contributed by atoms with E-state index in [2.05, 4.69) is 4.98 Å². The average Bonchev–Trinajstić information content (AvgIpc) is 2.39. The number of hydrogen-bond acceptors (Lipinski definition) is 3. The van der Waals surface area contributed by atoms with Gasteiger partial charge in [-0.3, -0.25) is 4.79 Å². The lowest BCUT2D eigenvalue weighted by molar-refractivity contribution is 0.0722. The van der Waals surface area contributed by atoms with Crippen molar-refractivity contribution in [2.24, 2.45) is 0 Å². The summed E-state index contributed by atoms with van der Waals surface area (Å²) >= 11 is 5.51. The van der Waals surface area contributed by atoms with E-state index in [1.807, 2.05) is 30.3 Å². The number of carbonyl (C=O) groups is 1. The number of ether oxygens (including phenoxy) is 1. The molecule has 0 amide bonds. The maximum absolute atomic E-state index is 13.4. The lowest BCUT2D eigenvalue weighted by Crippen LogP contribution is -2.11. The first-order chi connectivity index (χ1) is 9.16. The highest BCUT2D eigenvalue weighted by Crippen LogP contribution is 2.11. The van der Waals surface area contributed by atoms with Crippen molar-refractivity contribution in [2.45, 2.75) is 6.61 Å². The second kappa shape index (κ2) is 6.41. The van der Waals surface area contributed by atoms with Gasteiger partial charge in [-0.25, -0.2) is 4.98 Å². The predicted molar refractivity (Wildman–Crippen MR) is 69.6 cm³/mol. The number of Topliss-reactive ketones (excluding diaryl/α,β-unsaturated/α-hetero) is 1. The molecule has 2 aromatic rings. The topological polar surface area (TPSA) is 39.2 Å². The maximum atomic E-state index is 13.4. The molecular formula is C14H11ClFNO2. The van der Waals surface area contributed by atoms with Crippen molar-refractivity contribution >= 4 is 17.4 Å². The SMILES string of the molecule is O=C(COCc1ccccc1)c1ccc(Cl)nc1F. The van der Waals surface area contributed by atoms with Crippen molar-refractivity contribution in [2.75, 3.05) is 6.61 Å². The van der Waals surface area contributed by atoms with E-state index < -0.39 is 11.7 Å². The number of ketones is 1. The van der Waals surface area contributed by atoms with Crippen LogP contribution in [0.2, 0.25) is 5.15 Å². The van der Waals surface area contributed by atoms with Crippen molar-refractivity contribution in [3.63, 3.8) is 0 Å². The van der Waals surface area contributed by atoms with Gasteiger partial charge in [-0.1, -0.05) is 41.9 Å². The van der Waals surface area contributed by atoms with Gasteiger partial charge in [0.05, 0.1) is 12.2 Å². The molecule has 0 atom stereocenters. The van der Waals surface area contributed by atoms with Crippen LogP contribution < -0.4 is 0 Å². The van der Waals surface area contributed by atoms with Crippen LogP contribution in [0.4, 0.5) is 4.39 Å². The molecule has 1 aromatic heterocycles. The maximum Gasteiger partial charge on any atom is 0.225 e. The summed E-state index contributed by atoms with van der Waals surface area (Å²) in [5.74, 6) is -1.33. The van der Waals surface area contributed by atoms with Gasteiger partial charge in [-0.05, 0) is 17.7 Å². The molecule has 0 aliphatic heterocycles. The molecule has 98 valence electrons. The van der Waals surface area contributed by atoms with Crippen LogP contribution in [0.1, 0.15) is 15.9 Å². The number of carbonyl (C=O) groups excluding carboxylic acids is 1. The molecular weight excluding hydrogens is 269 g/mol. The Hall–Kier alpha value is -1.78. The highest BCUT2D eigenvalue weighted by molar-refractivity contribution is 6.29. The van der Waals surface area contributed by atoms with Crippen LogP contribution in [0.5, 0.6) is 0 Å². The van der Waals surface area contributed by atoms with Crippen LogP contribution in [0.25, 0.3) is 0 Å². The molecule has 1 heterocycles. The van der Waals surface area contributed by atoms with Gasteiger partial charge in [-0.15, -0.1) is 0 Å². The van der Waals surface area contributed by atoms with Crippen LogP contribution in [0.3, 0.4) is 0 Å². The molecule has 1 aromatic carbocycles. The molecule has 0 unspecified atom stereocenters. The van der Waals surface area contributed by atoms with E-state index in [0.717, 1.165) is 5.56 Å². The fourth-order valence-corrected chi connectivity index (χ4v) is 1.67. The van der Waals surface area contributed by atoms with E-state index in [1.54, 1.807) is 0 Å². The molecule has 0 aliphatic carbocycles. The Morgan fingerprint density at radius 2 is 1.95 bits per heavy atom. The Balaban J connectivity index is 1.91. The van der Waals surface area contributed by atoms with Crippen molar-refractivity contribution in [1.29, 1.82) is 0 Å². The molecule has 0 bridgehead atoms. The summed E-state index contributed by atoms with van der Waals surface area (Å²) < 4.78 is 18.6. The van der Waals surface area contributed by atoms with E-state index >= 15 is 0 Å². The Kier molecular flexibility index (Phi) is 4.60. The van der Waals surface area contributed by atoms with Gasteiger partial charge in [0.2, 0.25) is 5.95 Å². The molecule has 0 fully saturated rings. The Labute approximate surface area is 115 Å². The molecule has 3 nitrogen and oxygen atoms in total. The highest BCUT2D eigenvalue weighted by Gasteiger charge is 2.13. The van der Waals surface area contributed by atoms with E-state index in [0.29, 0.717) is 6.61 Å². The zero-order valence-corrected chi connectivity index (χ0v) is 10.7. The zero-order valence-electron chi connectivity index (χ0n) is 9.98. The molecule has 0 spiro atoms. The summed E-state index contributed by atoms with van der Waals surface area (Å²) in [6.07, 6.45) is 0. The minimum atomic E-state index is -0.874. The summed E-state index contributed by atoms with van der Waals surface area (Å²) in [5, 5.41) is 0.0132. The zero-order chi connectivity index (χ0) is 13.7. The second-order valence-corrected chi connectivity index (χ2v) is 4.26. The summed E-state index contributed by atoms with van der Waals surface area (Å²) in [5.41, 5.74) is 0.836. The van der Waals surface area contributed by atoms with Gasteiger partial charge < -0.3 is 4.74 Å². The van der Waals surface area contributed by atoms with Crippen LogP contribution in [-0.4, -0.2) is 17.4 Å². The van der Waals surface area contributed by atoms with E-state index in [9.17, 15) is 9.18 Å².